The number of aliphatic hydroxyl groups is 1. The lowest BCUT2D eigenvalue weighted by atomic mass is 9.95. The number of rotatable bonds is 4. The molecule has 0 aliphatic carbocycles. The Balaban J connectivity index is 1.84. The van der Waals surface area contributed by atoms with Gasteiger partial charge in [0, 0.05) is 19.7 Å². The maximum atomic E-state index is 13.6. The van der Waals surface area contributed by atoms with E-state index in [1.807, 2.05) is 68.1 Å². The molecule has 0 bridgehead atoms. The van der Waals surface area contributed by atoms with Crippen LogP contribution in [-0.2, 0) is 9.59 Å². The fourth-order valence-electron chi connectivity index (χ4n) is 4.49. The molecule has 30 heavy (non-hydrogen) atoms. The van der Waals surface area contributed by atoms with Crippen molar-refractivity contribution < 1.29 is 14.7 Å². The average molecular weight is 405 g/mol. The van der Waals surface area contributed by atoms with Crippen LogP contribution >= 0.6 is 0 Å². The molecule has 1 unspecified atom stereocenters. The Hall–Kier alpha value is -2.92. The molecule has 5 heteroatoms. The first-order valence-electron chi connectivity index (χ1n) is 10.5. The van der Waals surface area contributed by atoms with Crippen molar-refractivity contribution in [1.29, 1.82) is 0 Å². The average Bonchev–Trinajstić information content (AvgIpc) is 2.99. The maximum Gasteiger partial charge on any atom is 0.282 e. The molecule has 1 fully saturated rings. The lowest BCUT2D eigenvalue weighted by Crippen LogP contribution is -2.40. The summed E-state index contributed by atoms with van der Waals surface area (Å²) in [5, 5.41) is 9.68. The number of nitrogens with zero attached hydrogens (tertiary/aromatic N) is 2. The summed E-state index contributed by atoms with van der Waals surface area (Å²) < 4.78 is 0. The van der Waals surface area contributed by atoms with Crippen LogP contribution in [0.2, 0.25) is 0 Å². The first-order chi connectivity index (χ1) is 14.4. The van der Waals surface area contributed by atoms with Gasteiger partial charge in [-0.2, -0.15) is 0 Å². The van der Waals surface area contributed by atoms with E-state index < -0.39 is 0 Å². The van der Waals surface area contributed by atoms with Crippen LogP contribution in [0.1, 0.15) is 35.1 Å². The number of carbonyl (C=O) groups excluding carboxylic acids is 2. The largest absolute Gasteiger partial charge is 0.396 e. The Bertz CT molecular complexity index is 1020. The molecule has 0 radical (unpaired) electrons. The van der Waals surface area contributed by atoms with Gasteiger partial charge in [-0.15, -0.1) is 0 Å². The van der Waals surface area contributed by atoms with Crippen LogP contribution in [0.15, 0.2) is 48.2 Å². The molecule has 2 amide bonds. The minimum atomic E-state index is -0.281. The minimum Gasteiger partial charge on any atom is -0.396 e. The van der Waals surface area contributed by atoms with Gasteiger partial charge in [-0.1, -0.05) is 41.5 Å². The second kappa shape index (κ2) is 8.07. The lowest BCUT2D eigenvalue weighted by molar-refractivity contribution is -0.120. The molecule has 0 spiro atoms. The highest BCUT2D eigenvalue weighted by molar-refractivity contribution is 6.45. The van der Waals surface area contributed by atoms with E-state index in [0.717, 1.165) is 35.1 Å². The summed E-state index contributed by atoms with van der Waals surface area (Å²) in [7, 11) is 0. The Morgan fingerprint density at radius 1 is 0.967 bits per heavy atom. The molecule has 156 valence electrons. The van der Waals surface area contributed by atoms with E-state index >= 15 is 0 Å². The van der Waals surface area contributed by atoms with Crippen molar-refractivity contribution >= 4 is 23.1 Å². The molecule has 2 aliphatic rings. The third kappa shape index (κ3) is 3.54. The van der Waals surface area contributed by atoms with Gasteiger partial charge in [0.25, 0.3) is 11.8 Å². The van der Waals surface area contributed by atoms with Crippen LogP contribution in [0.3, 0.4) is 0 Å². The number of aryl methyl sites for hydroxylation is 3. The predicted octanol–water partition coefficient (Wildman–Crippen LogP) is 3.60. The zero-order chi connectivity index (χ0) is 21.4. The van der Waals surface area contributed by atoms with E-state index in [-0.39, 0.29) is 24.3 Å². The number of imide groups is 1. The standard InChI is InChI=1S/C25H28N2O3/c1-16-6-9-20(10-7-16)27-24(29)22(21-11-8-17(2)13-18(21)3)23(25(27)30)26-12-4-5-19(14-26)15-28/h6-11,13,19,28H,4-5,12,14-15H2,1-3H3. The summed E-state index contributed by atoms with van der Waals surface area (Å²) in [4.78, 5) is 30.5. The monoisotopic (exact) mass is 404 g/mol. The van der Waals surface area contributed by atoms with Crippen LogP contribution in [0, 0.1) is 26.7 Å². The molecule has 2 aromatic rings. The third-order valence-corrected chi connectivity index (χ3v) is 6.10. The zero-order valence-corrected chi connectivity index (χ0v) is 17.8. The van der Waals surface area contributed by atoms with Gasteiger partial charge in [-0.25, -0.2) is 4.90 Å². The molecular weight excluding hydrogens is 376 g/mol. The van der Waals surface area contributed by atoms with Crippen molar-refractivity contribution in [3.05, 3.63) is 70.4 Å². The van der Waals surface area contributed by atoms with E-state index in [1.165, 1.54) is 4.90 Å². The van der Waals surface area contributed by atoms with Gasteiger partial charge in [0.05, 0.1) is 11.3 Å². The van der Waals surface area contributed by atoms with Crippen molar-refractivity contribution in [2.75, 3.05) is 24.6 Å². The number of hydrogen-bond acceptors (Lipinski definition) is 4. The summed E-state index contributed by atoms with van der Waals surface area (Å²) in [5.74, 6) is -0.447. The molecule has 0 aromatic heterocycles. The third-order valence-electron chi connectivity index (χ3n) is 6.10. The highest BCUT2D eigenvalue weighted by Crippen LogP contribution is 2.37. The second-order valence-corrected chi connectivity index (χ2v) is 8.46. The summed E-state index contributed by atoms with van der Waals surface area (Å²) in [6.07, 6.45) is 1.82. The number of anilines is 1. The van der Waals surface area contributed by atoms with Crippen molar-refractivity contribution in [1.82, 2.24) is 4.90 Å². The molecule has 4 rings (SSSR count). The summed E-state index contributed by atoms with van der Waals surface area (Å²) in [6, 6.07) is 13.4. The van der Waals surface area contributed by atoms with Crippen molar-refractivity contribution in [3.8, 4) is 0 Å². The van der Waals surface area contributed by atoms with Gasteiger partial charge >= 0.3 is 0 Å². The van der Waals surface area contributed by atoms with Crippen molar-refractivity contribution in [3.63, 3.8) is 0 Å². The van der Waals surface area contributed by atoms with Crippen LogP contribution < -0.4 is 4.90 Å². The molecule has 2 aromatic carbocycles. The first-order valence-corrected chi connectivity index (χ1v) is 10.5. The van der Waals surface area contributed by atoms with Gasteiger partial charge in [0.15, 0.2) is 0 Å². The highest BCUT2D eigenvalue weighted by atomic mass is 16.3. The van der Waals surface area contributed by atoms with Crippen LogP contribution in [0.5, 0.6) is 0 Å². The van der Waals surface area contributed by atoms with E-state index in [0.29, 0.717) is 30.0 Å². The Morgan fingerprint density at radius 3 is 2.33 bits per heavy atom. The zero-order valence-electron chi connectivity index (χ0n) is 17.8. The fraction of sp³-hybridized carbons (Fsp3) is 0.360. The van der Waals surface area contributed by atoms with Crippen LogP contribution in [0.4, 0.5) is 5.69 Å². The molecule has 1 saturated heterocycles. The Kier molecular flexibility index (Phi) is 5.48. The summed E-state index contributed by atoms with van der Waals surface area (Å²) >= 11 is 0. The van der Waals surface area contributed by atoms with Crippen LogP contribution in [0.25, 0.3) is 5.57 Å². The number of carbonyl (C=O) groups is 2. The number of aliphatic hydroxyl groups excluding tert-OH is 1. The number of piperidine rings is 1. The van der Waals surface area contributed by atoms with E-state index in [1.54, 1.807) is 0 Å². The molecule has 1 N–H and O–H groups in total. The summed E-state index contributed by atoms with van der Waals surface area (Å²) in [6.45, 7) is 7.36. The normalized spacial score (nSPS) is 19.8. The maximum absolute atomic E-state index is 13.6. The van der Waals surface area contributed by atoms with E-state index in [9.17, 15) is 14.7 Å². The molecule has 1 atom stereocenters. The lowest BCUT2D eigenvalue weighted by Gasteiger charge is -2.34. The smallest absolute Gasteiger partial charge is 0.282 e. The summed E-state index contributed by atoms with van der Waals surface area (Å²) in [5.41, 5.74) is 5.48. The number of amides is 2. The van der Waals surface area contributed by atoms with Crippen molar-refractivity contribution in [2.45, 2.75) is 33.6 Å². The van der Waals surface area contributed by atoms with Crippen molar-refractivity contribution in [2.24, 2.45) is 5.92 Å². The second-order valence-electron chi connectivity index (χ2n) is 8.46. The SMILES string of the molecule is Cc1ccc(N2C(=O)C(c3ccc(C)cc3C)=C(N3CCCC(CO)C3)C2=O)cc1. The van der Waals surface area contributed by atoms with Gasteiger partial charge in [-0.05, 0) is 62.8 Å². The molecule has 0 saturated carbocycles. The number of hydrogen-bond donors (Lipinski definition) is 1. The van der Waals surface area contributed by atoms with Gasteiger partial charge in [-0.3, -0.25) is 9.59 Å². The Morgan fingerprint density at radius 2 is 1.67 bits per heavy atom. The highest BCUT2D eigenvalue weighted by Gasteiger charge is 2.43. The molecule has 5 nitrogen and oxygen atoms in total. The number of benzene rings is 2. The van der Waals surface area contributed by atoms with Gasteiger partial charge < -0.3 is 10.0 Å². The van der Waals surface area contributed by atoms with Gasteiger partial charge in [0.2, 0.25) is 0 Å². The Labute approximate surface area is 177 Å². The quantitative estimate of drug-likeness (QED) is 0.791. The molecule has 2 heterocycles. The molecule has 2 aliphatic heterocycles. The fourth-order valence-corrected chi connectivity index (χ4v) is 4.49. The first kappa shape index (κ1) is 20.4. The van der Waals surface area contributed by atoms with Crippen LogP contribution in [-0.4, -0.2) is 41.5 Å². The van der Waals surface area contributed by atoms with E-state index in [4.69, 9.17) is 0 Å². The van der Waals surface area contributed by atoms with Gasteiger partial charge in [0.1, 0.15) is 5.70 Å². The predicted molar refractivity (Wildman–Crippen MR) is 118 cm³/mol. The molecular formula is C25H28N2O3. The minimum absolute atomic E-state index is 0.0898. The number of likely N-dealkylation sites (tertiary alicyclic amines) is 1. The topological polar surface area (TPSA) is 60.9 Å². The van der Waals surface area contributed by atoms with E-state index in [2.05, 4.69) is 0 Å².